The first-order chi connectivity index (χ1) is 13.0. The van der Waals surface area contributed by atoms with Crippen molar-refractivity contribution in [1.29, 1.82) is 0 Å². The molecular formula is C18H27N5O3S. The lowest BCUT2D eigenvalue weighted by Crippen LogP contribution is -2.42. The number of hydrogen-bond donors (Lipinski definition) is 3. The Morgan fingerprint density at radius 3 is 2.89 bits per heavy atom. The van der Waals surface area contributed by atoms with Crippen LogP contribution in [0.5, 0.6) is 0 Å². The first-order valence-corrected chi connectivity index (χ1v) is 11.0. The molecule has 1 aromatic rings. The number of aliphatic imine (C=N–C) groups is 1. The summed E-state index contributed by atoms with van der Waals surface area (Å²) < 4.78 is 25.2. The van der Waals surface area contributed by atoms with Crippen molar-refractivity contribution in [2.24, 2.45) is 4.99 Å². The number of nitrogens with zero attached hydrogens (tertiary/aromatic N) is 2. The summed E-state index contributed by atoms with van der Waals surface area (Å²) in [6, 6.07) is 7.80. The van der Waals surface area contributed by atoms with E-state index in [1.165, 1.54) is 4.31 Å². The molecule has 148 valence electrons. The van der Waals surface area contributed by atoms with E-state index >= 15 is 0 Å². The lowest BCUT2D eigenvalue weighted by atomic mass is 9.91. The van der Waals surface area contributed by atoms with Gasteiger partial charge < -0.3 is 16.0 Å². The van der Waals surface area contributed by atoms with Gasteiger partial charge in [0.05, 0.1) is 12.3 Å². The van der Waals surface area contributed by atoms with Gasteiger partial charge in [-0.15, -0.1) is 0 Å². The molecule has 1 amide bonds. The van der Waals surface area contributed by atoms with Crippen molar-refractivity contribution < 1.29 is 13.2 Å². The Hall–Kier alpha value is -2.13. The van der Waals surface area contributed by atoms with E-state index in [1.807, 2.05) is 31.2 Å². The number of carbonyl (C=O) groups is 1. The summed E-state index contributed by atoms with van der Waals surface area (Å²) in [5.41, 5.74) is 1.95. The average Bonchev–Trinajstić information content (AvgIpc) is 2.97. The number of benzene rings is 1. The predicted molar refractivity (Wildman–Crippen MR) is 106 cm³/mol. The third kappa shape index (κ3) is 4.98. The molecule has 9 heteroatoms. The van der Waals surface area contributed by atoms with E-state index in [4.69, 9.17) is 0 Å². The van der Waals surface area contributed by atoms with E-state index in [9.17, 15) is 13.2 Å². The topological polar surface area (TPSA) is 103 Å². The van der Waals surface area contributed by atoms with Crippen molar-refractivity contribution in [1.82, 2.24) is 14.9 Å². The van der Waals surface area contributed by atoms with Gasteiger partial charge in [-0.05, 0) is 25.0 Å². The smallest absolute Gasteiger partial charge is 0.225 e. The quantitative estimate of drug-likeness (QED) is 0.488. The maximum atomic E-state index is 11.9. The van der Waals surface area contributed by atoms with Crippen LogP contribution < -0.4 is 16.0 Å². The monoisotopic (exact) mass is 393 g/mol. The number of anilines is 1. The Bertz CT molecular complexity index is 809. The van der Waals surface area contributed by atoms with Gasteiger partial charge in [0.15, 0.2) is 5.96 Å². The third-order valence-corrected chi connectivity index (χ3v) is 6.73. The van der Waals surface area contributed by atoms with Gasteiger partial charge in [-0.2, -0.15) is 0 Å². The van der Waals surface area contributed by atoms with E-state index in [0.717, 1.165) is 11.3 Å². The molecular weight excluding hydrogens is 366 g/mol. The van der Waals surface area contributed by atoms with Crippen LogP contribution in [0.15, 0.2) is 29.3 Å². The zero-order valence-electron chi connectivity index (χ0n) is 15.6. The highest BCUT2D eigenvalue weighted by atomic mass is 32.2. The lowest BCUT2D eigenvalue weighted by molar-refractivity contribution is -0.116. The second kappa shape index (κ2) is 8.71. The molecule has 3 N–H and O–H groups in total. The molecule has 1 unspecified atom stereocenters. The highest BCUT2D eigenvalue weighted by Gasteiger charge is 2.27. The minimum Gasteiger partial charge on any atom is -0.357 e. The van der Waals surface area contributed by atoms with E-state index < -0.39 is 10.0 Å². The summed E-state index contributed by atoms with van der Waals surface area (Å²) >= 11 is 0. The van der Waals surface area contributed by atoms with Gasteiger partial charge in [0, 0.05) is 44.2 Å². The van der Waals surface area contributed by atoms with Crippen molar-refractivity contribution in [3.63, 3.8) is 0 Å². The van der Waals surface area contributed by atoms with Gasteiger partial charge >= 0.3 is 0 Å². The van der Waals surface area contributed by atoms with Gasteiger partial charge in [-0.1, -0.05) is 18.2 Å². The number of hydrogen-bond acceptors (Lipinski definition) is 4. The largest absolute Gasteiger partial charge is 0.357 e. The molecule has 0 aromatic heterocycles. The zero-order valence-corrected chi connectivity index (χ0v) is 16.4. The van der Waals surface area contributed by atoms with Crippen LogP contribution in [0.4, 0.5) is 5.69 Å². The number of fused-ring (bicyclic) bond motifs is 1. The van der Waals surface area contributed by atoms with Crippen molar-refractivity contribution in [3.05, 3.63) is 29.8 Å². The predicted octanol–water partition coefficient (Wildman–Crippen LogP) is 0.703. The van der Waals surface area contributed by atoms with Gasteiger partial charge in [0.1, 0.15) is 0 Å². The molecule has 2 aliphatic heterocycles. The molecule has 1 aromatic carbocycles. The summed E-state index contributed by atoms with van der Waals surface area (Å²) in [4.78, 5) is 16.6. The number of carbonyl (C=O) groups excluding carboxylic acids is 1. The molecule has 0 aliphatic carbocycles. The number of amides is 1. The number of para-hydroxylation sites is 1. The van der Waals surface area contributed by atoms with Crippen LogP contribution in [-0.2, 0) is 14.8 Å². The molecule has 0 saturated carbocycles. The van der Waals surface area contributed by atoms with Crippen LogP contribution in [0, 0.1) is 0 Å². The van der Waals surface area contributed by atoms with Crippen molar-refractivity contribution in [2.75, 3.05) is 43.8 Å². The summed E-state index contributed by atoms with van der Waals surface area (Å²) in [6.07, 6.45) is 1.10. The SMILES string of the molecule is CCNC(=NCC1CC(=O)Nc2ccccc21)NCCN1CCCS1(=O)=O. The molecule has 3 rings (SSSR count). The highest BCUT2D eigenvalue weighted by molar-refractivity contribution is 7.89. The minimum atomic E-state index is -3.08. The van der Waals surface area contributed by atoms with Crippen molar-refractivity contribution >= 4 is 27.6 Å². The maximum absolute atomic E-state index is 11.9. The fourth-order valence-corrected chi connectivity index (χ4v) is 4.98. The van der Waals surface area contributed by atoms with E-state index in [-0.39, 0.29) is 17.6 Å². The molecule has 0 spiro atoms. The Kier molecular flexibility index (Phi) is 6.33. The second-order valence-electron chi connectivity index (χ2n) is 6.75. The van der Waals surface area contributed by atoms with Crippen LogP contribution >= 0.6 is 0 Å². The van der Waals surface area contributed by atoms with Gasteiger partial charge in [-0.25, -0.2) is 12.7 Å². The van der Waals surface area contributed by atoms with Crippen molar-refractivity contribution in [2.45, 2.75) is 25.7 Å². The normalized spacial score (nSPS) is 22.2. The van der Waals surface area contributed by atoms with E-state index in [0.29, 0.717) is 51.5 Å². The third-order valence-electron chi connectivity index (χ3n) is 4.78. The maximum Gasteiger partial charge on any atom is 0.225 e. The van der Waals surface area contributed by atoms with Gasteiger partial charge in [-0.3, -0.25) is 9.79 Å². The number of nitrogens with one attached hydrogen (secondary N) is 3. The second-order valence-corrected chi connectivity index (χ2v) is 8.84. The summed E-state index contributed by atoms with van der Waals surface area (Å²) in [6.45, 7) is 4.68. The van der Waals surface area contributed by atoms with Crippen LogP contribution in [0.2, 0.25) is 0 Å². The Morgan fingerprint density at radius 2 is 2.15 bits per heavy atom. The van der Waals surface area contributed by atoms with Crippen LogP contribution in [-0.4, -0.2) is 63.1 Å². The molecule has 1 saturated heterocycles. The van der Waals surface area contributed by atoms with Gasteiger partial charge in [0.25, 0.3) is 0 Å². The zero-order chi connectivity index (χ0) is 19.3. The molecule has 1 atom stereocenters. The first-order valence-electron chi connectivity index (χ1n) is 9.38. The fourth-order valence-electron chi connectivity index (χ4n) is 3.45. The molecule has 2 aliphatic rings. The van der Waals surface area contributed by atoms with Crippen LogP contribution in [0.3, 0.4) is 0 Å². The van der Waals surface area contributed by atoms with E-state index in [1.54, 1.807) is 0 Å². The standard InChI is InChI=1S/C18H27N5O3S/c1-2-19-18(20-8-10-23-9-5-11-27(23,25)26)21-13-14-12-17(24)22-16-7-4-3-6-15(14)16/h3-4,6-7,14H,2,5,8-13H2,1H3,(H,22,24)(H2,19,20,21). The van der Waals surface area contributed by atoms with Crippen LogP contribution in [0.1, 0.15) is 31.2 Å². The summed E-state index contributed by atoms with van der Waals surface area (Å²) in [7, 11) is -3.08. The number of rotatable bonds is 6. The molecule has 8 nitrogen and oxygen atoms in total. The summed E-state index contributed by atoms with van der Waals surface area (Å²) in [5, 5.41) is 9.26. The molecule has 0 bridgehead atoms. The lowest BCUT2D eigenvalue weighted by Gasteiger charge is -2.24. The Labute approximate surface area is 160 Å². The van der Waals surface area contributed by atoms with E-state index in [2.05, 4.69) is 20.9 Å². The molecule has 0 radical (unpaired) electrons. The number of guanidine groups is 1. The Morgan fingerprint density at radius 1 is 1.33 bits per heavy atom. The fraction of sp³-hybridized carbons (Fsp3) is 0.556. The minimum absolute atomic E-state index is 0.00565. The first kappa shape index (κ1) is 19.6. The molecule has 27 heavy (non-hydrogen) atoms. The molecule has 1 fully saturated rings. The number of sulfonamides is 1. The van der Waals surface area contributed by atoms with Gasteiger partial charge in [0.2, 0.25) is 15.9 Å². The molecule has 2 heterocycles. The highest BCUT2D eigenvalue weighted by Crippen LogP contribution is 2.31. The average molecular weight is 394 g/mol. The Balaban J connectivity index is 1.60. The van der Waals surface area contributed by atoms with Crippen LogP contribution in [0.25, 0.3) is 0 Å². The summed E-state index contributed by atoms with van der Waals surface area (Å²) in [5.74, 6) is 0.914. The van der Waals surface area contributed by atoms with Crippen molar-refractivity contribution in [3.8, 4) is 0 Å².